The van der Waals surface area contributed by atoms with E-state index in [1.807, 2.05) is 62.4 Å². The number of para-hydroxylation sites is 1. The first-order valence-corrected chi connectivity index (χ1v) is 9.54. The second-order valence-corrected chi connectivity index (χ2v) is 7.82. The molecule has 3 aromatic rings. The fourth-order valence-corrected chi connectivity index (χ4v) is 3.35. The summed E-state index contributed by atoms with van der Waals surface area (Å²) >= 11 is 1.52. The van der Waals surface area contributed by atoms with Crippen molar-refractivity contribution in [2.75, 3.05) is 6.54 Å². The van der Waals surface area contributed by atoms with Crippen molar-refractivity contribution in [3.8, 4) is 5.69 Å². The van der Waals surface area contributed by atoms with E-state index in [0.29, 0.717) is 23.7 Å². The fraction of sp³-hybridized carbons (Fsp3) is 0.263. The van der Waals surface area contributed by atoms with Gasteiger partial charge < -0.3 is 11.1 Å². The number of nitrogens with two attached hydrogens (primary N) is 1. The monoisotopic (exact) mass is 418 g/mol. The third-order valence-electron chi connectivity index (χ3n) is 3.73. The van der Waals surface area contributed by atoms with Gasteiger partial charge in [-0.25, -0.2) is 0 Å². The van der Waals surface area contributed by atoms with Crippen LogP contribution in [0.5, 0.6) is 0 Å². The number of rotatable bonds is 7. The molecule has 0 fully saturated rings. The summed E-state index contributed by atoms with van der Waals surface area (Å²) in [5, 5.41) is 14.8. The summed E-state index contributed by atoms with van der Waals surface area (Å²) in [5.74, 6) is 1.11. The lowest BCUT2D eigenvalue weighted by molar-refractivity contribution is 0.0943. The van der Waals surface area contributed by atoms with Gasteiger partial charge in [-0.1, -0.05) is 30.3 Å². The standard InChI is InChI=1S/C19H22N6OS.ClH/c1-19(2,20)13-21-18(26)15-10-6-7-11-16(15)27-12-17-22-23-24-25(17)14-8-4-3-5-9-14;/h3-11H,12-13,20H2,1-2H3,(H,21,26);1H. The summed E-state index contributed by atoms with van der Waals surface area (Å²) in [7, 11) is 0. The van der Waals surface area contributed by atoms with Gasteiger partial charge in [-0.2, -0.15) is 4.68 Å². The molecule has 0 spiro atoms. The smallest absolute Gasteiger partial charge is 0.252 e. The summed E-state index contributed by atoms with van der Waals surface area (Å²) < 4.78 is 1.70. The number of tetrazole rings is 1. The lowest BCUT2D eigenvalue weighted by atomic mass is 10.1. The predicted molar refractivity (Wildman–Crippen MR) is 113 cm³/mol. The van der Waals surface area contributed by atoms with Gasteiger partial charge in [-0.3, -0.25) is 4.79 Å². The van der Waals surface area contributed by atoms with Crippen LogP contribution in [0.25, 0.3) is 5.69 Å². The van der Waals surface area contributed by atoms with E-state index in [4.69, 9.17) is 5.73 Å². The lowest BCUT2D eigenvalue weighted by Gasteiger charge is -2.19. The molecule has 1 aromatic heterocycles. The number of nitrogens with one attached hydrogen (secondary N) is 1. The Hall–Kier alpha value is -2.42. The van der Waals surface area contributed by atoms with Crippen LogP contribution in [0.2, 0.25) is 0 Å². The van der Waals surface area contributed by atoms with Crippen molar-refractivity contribution >= 4 is 30.1 Å². The number of thioether (sulfide) groups is 1. The zero-order chi connectivity index (χ0) is 19.3. The molecular weight excluding hydrogens is 396 g/mol. The van der Waals surface area contributed by atoms with E-state index >= 15 is 0 Å². The van der Waals surface area contributed by atoms with Crippen molar-refractivity contribution in [3.63, 3.8) is 0 Å². The van der Waals surface area contributed by atoms with Gasteiger partial charge in [-0.05, 0) is 48.5 Å². The molecular formula is C19H23ClN6OS. The molecule has 7 nitrogen and oxygen atoms in total. The molecule has 0 radical (unpaired) electrons. The van der Waals surface area contributed by atoms with Crippen LogP contribution < -0.4 is 11.1 Å². The normalized spacial score (nSPS) is 11.0. The zero-order valence-electron chi connectivity index (χ0n) is 15.7. The first kappa shape index (κ1) is 21.9. The summed E-state index contributed by atoms with van der Waals surface area (Å²) in [5.41, 5.74) is 7.00. The molecule has 0 aliphatic carbocycles. The van der Waals surface area contributed by atoms with E-state index in [-0.39, 0.29) is 18.3 Å². The molecule has 148 valence electrons. The van der Waals surface area contributed by atoms with Crippen LogP contribution in [0.15, 0.2) is 59.5 Å². The molecule has 0 saturated carbocycles. The molecule has 0 bridgehead atoms. The third-order valence-corrected chi connectivity index (χ3v) is 4.80. The van der Waals surface area contributed by atoms with Gasteiger partial charge in [0.2, 0.25) is 0 Å². The second-order valence-electron chi connectivity index (χ2n) is 6.80. The van der Waals surface area contributed by atoms with E-state index < -0.39 is 5.54 Å². The number of amides is 1. The van der Waals surface area contributed by atoms with Gasteiger partial charge in [0.1, 0.15) is 0 Å². The van der Waals surface area contributed by atoms with Gasteiger partial charge in [0.15, 0.2) is 5.82 Å². The number of nitrogens with zero attached hydrogens (tertiary/aromatic N) is 4. The van der Waals surface area contributed by atoms with Gasteiger partial charge in [-0.15, -0.1) is 29.3 Å². The van der Waals surface area contributed by atoms with E-state index in [1.165, 1.54) is 11.8 Å². The number of hydrogen-bond acceptors (Lipinski definition) is 6. The highest BCUT2D eigenvalue weighted by atomic mass is 35.5. The molecule has 3 rings (SSSR count). The number of carbonyl (C=O) groups is 1. The van der Waals surface area contributed by atoms with Crippen LogP contribution in [0.3, 0.4) is 0 Å². The van der Waals surface area contributed by atoms with Crippen molar-refractivity contribution in [3.05, 3.63) is 66.0 Å². The Balaban J connectivity index is 0.00000280. The number of halogens is 1. The molecule has 9 heteroatoms. The highest BCUT2D eigenvalue weighted by Gasteiger charge is 2.17. The number of benzene rings is 2. The Kier molecular flexibility index (Phi) is 7.56. The Bertz CT molecular complexity index is 910. The molecule has 1 amide bonds. The Morgan fingerprint density at radius 2 is 1.82 bits per heavy atom. The molecule has 28 heavy (non-hydrogen) atoms. The molecule has 0 unspecified atom stereocenters. The Morgan fingerprint density at radius 3 is 2.54 bits per heavy atom. The lowest BCUT2D eigenvalue weighted by Crippen LogP contribution is -2.45. The molecule has 0 aliphatic rings. The van der Waals surface area contributed by atoms with Crippen molar-refractivity contribution < 1.29 is 4.79 Å². The fourth-order valence-electron chi connectivity index (χ4n) is 2.39. The van der Waals surface area contributed by atoms with E-state index in [0.717, 1.165) is 10.6 Å². The second kappa shape index (κ2) is 9.68. The number of carbonyl (C=O) groups excluding carboxylic acids is 1. The van der Waals surface area contributed by atoms with Crippen molar-refractivity contribution in [1.82, 2.24) is 25.5 Å². The molecule has 0 saturated heterocycles. The summed E-state index contributed by atoms with van der Waals surface area (Å²) in [6, 6.07) is 17.2. The minimum atomic E-state index is -0.463. The summed E-state index contributed by atoms with van der Waals surface area (Å²) in [6.45, 7) is 4.14. The molecule has 0 atom stereocenters. The average Bonchev–Trinajstić information content (AvgIpc) is 3.13. The SMILES string of the molecule is CC(C)(N)CNC(=O)c1ccccc1SCc1nnnn1-c1ccccc1.Cl. The quantitative estimate of drug-likeness (QED) is 0.572. The van der Waals surface area contributed by atoms with Crippen molar-refractivity contribution in [2.24, 2.45) is 5.73 Å². The predicted octanol–water partition coefficient (Wildman–Crippen LogP) is 2.84. The zero-order valence-corrected chi connectivity index (χ0v) is 17.3. The van der Waals surface area contributed by atoms with Crippen LogP contribution in [-0.4, -0.2) is 38.2 Å². The minimum absolute atomic E-state index is 0. The maximum absolute atomic E-state index is 12.5. The van der Waals surface area contributed by atoms with E-state index in [2.05, 4.69) is 20.8 Å². The maximum Gasteiger partial charge on any atom is 0.252 e. The molecule has 3 N–H and O–H groups in total. The summed E-state index contributed by atoms with van der Waals surface area (Å²) in [4.78, 5) is 13.4. The van der Waals surface area contributed by atoms with Gasteiger partial charge in [0, 0.05) is 17.0 Å². The Labute approximate surface area is 174 Å². The summed E-state index contributed by atoms with van der Waals surface area (Å²) in [6.07, 6.45) is 0. The topological polar surface area (TPSA) is 98.7 Å². The highest BCUT2D eigenvalue weighted by molar-refractivity contribution is 7.98. The van der Waals surface area contributed by atoms with Crippen LogP contribution in [-0.2, 0) is 5.75 Å². The Morgan fingerprint density at radius 1 is 1.14 bits per heavy atom. The van der Waals surface area contributed by atoms with Crippen molar-refractivity contribution in [1.29, 1.82) is 0 Å². The number of aromatic nitrogens is 4. The molecule has 2 aromatic carbocycles. The largest absolute Gasteiger partial charge is 0.350 e. The van der Waals surface area contributed by atoms with Crippen LogP contribution in [0.1, 0.15) is 30.0 Å². The highest BCUT2D eigenvalue weighted by Crippen LogP contribution is 2.26. The third kappa shape index (κ3) is 5.79. The first-order chi connectivity index (χ1) is 12.9. The van der Waals surface area contributed by atoms with Crippen LogP contribution >= 0.6 is 24.2 Å². The van der Waals surface area contributed by atoms with Crippen LogP contribution in [0.4, 0.5) is 0 Å². The van der Waals surface area contributed by atoms with E-state index in [9.17, 15) is 4.79 Å². The van der Waals surface area contributed by atoms with Gasteiger partial charge >= 0.3 is 0 Å². The average molecular weight is 419 g/mol. The van der Waals surface area contributed by atoms with Crippen molar-refractivity contribution in [2.45, 2.75) is 30.0 Å². The van der Waals surface area contributed by atoms with Crippen LogP contribution in [0, 0.1) is 0 Å². The van der Waals surface area contributed by atoms with Gasteiger partial charge in [0.05, 0.1) is 17.0 Å². The molecule has 1 heterocycles. The first-order valence-electron chi connectivity index (χ1n) is 8.56. The van der Waals surface area contributed by atoms with Gasteiger partial charge in [0.25, 0.3) is 5.91 Å². The number of hydrogen-bond donors (Lipinski definition) is 2. The van der Waals surface area contributed by atoms with E-state index in [1.54, 1.807) is 10.7 Å². The minimum Gasteiger partial charge on any atom is -0.350 e. The molecule has 0 aliphatic heterocycles. The maximum atomic E-state index is 12.5.